The van der Waals surface area contributed by atoms with Crippen LogP contribution < -0.4 is 15.0 Å². The fraction of sp³-hybridized carbons (Fsp3) is 0.625. The molecule has 0 aromatic carbocycles. The second-order valence-electron chi connectivity index (χ2n) is 6.71. The first kappa shape index (κ1) is 16.5. The van der Waals surface area contributed by atoms with Gasteiger partial charge in [-0.1, -0.05) is 13.8 Å². The minimum atomic E-state index is -0.732. The van der Waals surface area contributed by atoms with Gasteiger partial charge >= 0.3 is 6.03 Å². The van der Waals surface area contributed by atoms with Gasteiger partial charge in [0.15, 0.2) is 5.75 Å². The number of anilines is 1. The Kier molecular flexibility index (Phi) is 4.29. The third-order valence-electron chi connectivity index (χ3n) is 4.68. The van der Waals surface area contributed by atoms with Crippen molar-refractivity contribution >= 4 is 17.9 Å². The second kappa shape index (κ2) is 6.26. The van der Waals surface area contributed by atoms with Crippen LogP contribution in [0.2, 0.25) is 0 Å². The lowest BCUT2D eigenvalue weighted by molar-refractivity contribution is -0.127. The average molecular weight is 333 g/mol. The molecule has 8 nitrogen and oxygen atoms in total. The predicted octanol–water partition coefficient (Wildman–Crippen LogP) is 1.03. The van der Waals surface area contributed by atoms with E-state index in [2.05, 4.69) is 15.3 Å². The number of hydrogen-bond donors (Lipinski definition) is 1. The van der Waals surface area contributed by atoms with Crippen LogP contribution in [0.5, 0.6) is 5.75 Å². The van der Waals surface area contributed by atoms with E-state index in [4.69, 9.17) is 4.74 Å². The molecule has 3 rings (SSSR count). The Morgan fingerprint density at radius 2 is 1.88 bits per heavy atom. The number of methoxy groups -OCH3 is 1. The first-order valence-corrected chi connectivity index (χ1v) is 8.20. The molecule has 1 spiro atoms. The number of piperidine rings is 1. The van der Waals surface area contributed by atoms with Crippen LogP contribution in [0.4, 0.5) is 10.7 Å². The van der Waals surface area contributed by atoms with Gasteiger partial charge in [0.05, 0.1) is 19.5 Å². The molecule has 0 saturated carbocycles. The molecule has 130 valence electrons. The van der Waals surface area contributed by atoms with Gasteiger partial charge in [0.25, 0.3) is 5.91 Å². The highest BCUT2D eigenvalue weighted by Crippen LogP contribution is 2.34. The quantitative estimate of drug-likeness (QED) is 0.828. The normalized spacial score (nSPS) is 20.0. The number of imide groups is 1. The molecule has 1 aromatic rings. The molecule has 0 bridgehead atoms. The lowest BCUT2D eigenvalue weighted by Gasteiger charge is -2.42. The summed E-state index contributed by atoms with van der Waals surface area (Å²) in [6.07, 6.45) is 4.41. The molecule has 8 heteroatoms. The summed E-state index contributed by atoms with van der Waals surface area (Å²) in [5, 5.41) is 2.48. The lowest BCUT2D eigenvalue weighted by Crippen LogP contribution is -2.57. The second-order valence-corrected chi connectivity index (χ2v) is 6.71. The van der Waals surface area contributed by atoms with Crippen molar-refractivity contribution in [3.05, 3.63) is 12.4 Å². The van der Waals surface area contributed by atoms with Gasteiger partial charge in [-0.2, -0.15) is 0 Å². The fourth-order valence-electron chi connectivity index (χ4n) is 3.37. The van der Waals surface area contributed by atoms with Gasteiger partial charge in [0.1, 0.15) is 5.54 Å². The molecule has 1 N–H and O–H groups in total. The number of ether oxygens (including phenoxy) is 1. The molecule has 3 amide bonds. The summed E-state index contributed by atoms with van der Waals surface area (Å²) in [7, 11) is 1.57. The average Bonchev–Trinajstić information content (AvgIpc) is 2.79. The summed E-state index contributed by atoms with van der Waals surface area (Å²) in [4.78, 5) is 36.9. The Bertz CT molecular complexity index is 623. The molecule has 0 radical (unpaired) electrons. The highest BCUT2D eigenvalue weighted by Gasteiger charge is 2.54. The van der Waals surface area contributed by atoms with E-state index in [1.54, 1.807) is 24.4 Å². The van der Waals surface area contributed by atoms with Crippen molar-refractivity contribution in [2.75, 3.05) is 31.6 Å². The summed E-state index contributed by atoms with van der Waals surface area (Å²) < 4.78 is 5.07. The third-order valence-corrected chi connectivity index (χ3v) is 4.68. The SMILES string of the molecule is COc1cnc(N2CCC3(CC2)C(=O)NC(=O)N3CC(C)C)nc1. The maximum absolute atomic E-state index is 12.4. The zero-order valence-corrected chi connectivity index (χ0v) is 14.3. The largest absolute Gasteiger partial charge is 0.494 e. The number of amides is 3. The van der Waals surface area contributed by atoms with Crippen molar-refractivity contribution in [1.29, 1.82) is 0 Å². The van der Waals surface area contributed by atoms with Gasteiger partial charge in [-0.05, 0) is 18.8 Å². The molecule has 0 unspecified atom stereocenters. The van der Waals surface area contributed by atoms with E-state index in [0.717, 1.165) is 0 Å². The van der Waals surface area contributed by atoms with Gasteiger partial charge in [-0.25, -0.2) is 14.8 Å². The highest BCUT2D eigenvalue weighted by molar-refractivity contribution is 6.07. The number of urea groups is 1. The lowest BCUT2D eigenvalue weighted by atomic mass is 9.85. The van der Waals surface area contributed by atoms with Crippen molar-refractivity contribution in [3.63, 3.8) is 0 Å². The third kappa shape index (κ3) is 2.76. The van der Waals surface area contributed by atoms with E-state index < -0.39 is 5.54 Å². The first-order valence-electron chi connectivity index (χ1n) is 8.20. The van der Waals surface area contributed by atoms with E-state index in [9.17, 15) is 9.59 Å². The number of nitrogens with one attached hydrogen (secondary N) is 1. The maximum Gasteiger partial charge on any atom is 0.325 e. The van der Waals surface area contributed by atoms with Crippen LogP contribution in [0.15, 0.2) is 12.4 Å². The number of rotatable bonds is 4. The number of hydrogen-bond acceptors (Lipinski definition) is 6. The Balaban J connectivity index is 1.74. The molecular weight excluding hydrogens is 310 g/mol. The first-order chi connectivity index (χ1) is 11.5. The number of nitrogens with zero attached hydrogens (tertiary/aromatic N) is 4. The predicted molar refractivity (Wildman–Crippen MR) is 87.8 cm³/mol. The molecule has 2 aliphatic heterocycles. The summed E-state index contributed by atoms with van der Waals surface area (Å²) >= 11 is 0. The summed E-state index contributed by atoms with van der Waals surface area (Å²) in [6, 6.07) is -0.275. The van der Waals surface area contributed by atoms with E-state index in [1.165, 1.54) is 0 Å². The van der Waals surface area contributed by atoms with E-state index >= 15 is 0 Å². The standard InChI is InChI=1S/C16H23N5O3/c1-11(2)10-21-15(23)19-13(22)16(21)4-6-20(7-5-16)14-17-8-12(24-3)9-18-14/h8-9,11H,4-7,10H2,1-3H3,(H,19,22,23). The minimum Gasteiger partial charge on any atom is -0.494 e. The molecule has 1 aromatic heterocycles. The van der Waals surface area contributed by atoms with Crippen LogP contribution in [-0.4, -0.2) is 59.1 Å². The van der Waals surface area contributed by atoms with Crippen molar-refractivity contribution in [2.24, 2.45) is 5.92 Å². The van der Waals surface area contributed by atoms with Gasteiger partial charge in [-0.3, -0.25) is 10.1 Å². The smallest absolute Gasteiger partial charge is 0.325 e. The van der Waals surface area contributed by atoms with Crippen LogP contribution in [0.3, 0.4) is 0 Å². The van der Waals surface area contributed by atoms with E-state index in [-0.39, 0.29) is 11.9 Å². The van der Waals surface area contributed by atoms with Crippen molar-refractivity contribution in [3.8, 4) is 5.75 Å². The summed E-state index contributed by atoms with van der Waals surface area (Å²) in [6.45, 7) is 5.92. The van der Waals surface area contributed by atoms with E-state index in [0.29, 0.717) is 50.1 Å². The number of carbonyl (C=O) groups is 2. The Hall–Kier alpha value is -2.38. The van der Waals surface area contributed by atoms with Gasteiger partial charge in [0.2, 0.25) is 5.95 Å². The topological polar surface area (TPSA) is 87.7 Å². The van der Waals surface area contributed by atoms with Crippen LogP contribution in [-0.2, 0) is 4.79 Å². The van der Waals surface area contributed by atoms with Crippen molar-refractivity contribution < 1.29 is 14.3 Å². The zero-order valence-electron chi connectivity index (χ0n) is 14.3. The minimum absolute atomic E-state index is 0.177. The molecule has 2 aliphatic rings. The van der Waals surface area contributed by atoms with E-state index in [1.807, 2.05) is 18.7 Å². The van der Waals surface area contributed by atoms with Crippen molar-refractivity contribution in [1.82, 2.24) is 20.2 Å². The van der Waals surface area contributed by atoms with Gasteiger partial charge in [0, 0.05) is 19.6 Å². The molecule has 0 aliphatic carbocycles. The maximum atomic E-state index is 12.4. The fourth-order valence-corrected chi connectivity index (χ4v) is 3.37. The summed E-state index contributed by atoms with van der Waals surface area (Å²) in [5.74, 6) is 1.35. The molecule has 0 atom stereocenters. The van der Waals surface area contributed by atoms with Crippen LogP contribution in [0.1, 0.15) is 26.7 Å². The molecule has 24 heavy (non-hydrogen) atoms. The number of aromatic nitrogens is 2. The monoisotopic (exact) mass is 333 g/mol. The Morgan fingerprint density at radius 3 is 2.42 bits per heavy atom. The van der Waals surface area contributed by atoms with Gasteiger partial charge in [-0.15, -0.1) is 0 Å². The molecule has 3 heterocycles. The van der Waals surface area contributed by atoms with Gasteiger partial charge < -0.3 is 14.5 Å². The van der Waals surface area contributed by atoms with Crippen LogP contribution in [0, 0.1) is 5.92 Å². The summed E-state index contributed by atoms with van der Waals surface area (Å²) in [5.41, 5.74) is -0.732. The van der Waals surface area contributed by atoms with Crippen molar-refractivity contribution in [2.45, 2.75) is 32.2 Å². The molecule has 2 saturated heterocycles. The Labute approximate surface area is 141 Å². The molecule has 2 fully saturated rings. The zero-order chi connectivity index (χ0) is 17.3. The highest BCUT2D eigenvalue weighted by atomic mass is 16.5. The number of carbonyl (C=O) groups excluding carboxylic acids is 2. The van der Waals surface area contributed by atoms with Crippen LogP contribution in [0.25, 0.3) is 0 Å². The van der Waals surface area contributed by atoms with Crippen LogP contribution >= 0.6 is 0 Å². The Morgan fingerprint density at radius 1 is 1.25 bits per heavy atom. The molecular formula is C16H23N5O3.